The number of aromatic carboxylic acids is 1. The molecular formula is C24H28N4O3. The van der Waals surface area contributed by atoms with Crippen LogP contribution in [-0.2, 0) is 13.6 Å². The Morgan fingerprint density at radius 1 is 1.13 bits per heavy atom. The Labute approximate surface area is 181 Å². The normalized spacial score (nSPS) is 15.3. The molecule has 1 fully saturated rings. The number of carbonyl (C=O) groups is 2. The van der Waals surface area contributed by atoms with Crippen LogP contribution in [0.15, 0.2) is 42.6 Å². The number of aryl methyl sites for hydroxylation is 1. The zero-order chi connectivity index (χ0) is 22.1. The summed E-state index contributed by atoms with van der Waals surface area (Å²) in [5, 5.41) is 10.1. The number of carbonyl (C=O) groups excluding carboxylic acids is 1. The summed E-state index contributed by atoms with van der Waals surface area (Å²) in [5.74, 6) is -0.409. The van der Waals surface area contributed by atoms with Crippen LogP contribution in [0.5, 0.6) is 0 Å². The van der Waals surface area contributed by atoms with Crippen molar-refractivity contribution in [3.05, 3.63) is 65.0 Å². The Balaban J connectivity index is 1.42. The number of benzene rings is 1. The van der Waals surface area contributed by atoms with Crippen LogP contribution in [-0.4, -0.2) is 63.5 Å². The molecule has 31 heavy (non-hydrogen) atoms. The number of rotatable bonds is 5. The lowest BCUT2D eigenvalue weighted by Crippen LogP contribution is -2.33. The number of carboxylic acid groups (broad SMARTS) is 1. The number of likely N-dealkylation sites (tertiary alicyclic amines) is 1. The first-order chi connectivity index (χ1) is 14.8. The van der Waals surface area contributed by atoms with Crippen LogP contribution >= 0.6 is 0 Å². The van der Waals surface area contributed by atoms with E-state index in [4.69, 9.17) is 0 Å². The minimum atomic E-state index is -0.927. The molecule has 0 unspecified atom stereocenters. The van der Waals surface area contributed by atoms with Gasteiger partial charge < -0.3 is 14.6 Å². The van der Waals surface area contributed by atoms with E-state index in [0.29, 0.717) is 22.5 Å². The Morgan fingerprint density at radius 2 is 1.81 bits per heavy atom. The highest BCUT2D eigenvalue weighted by atomic mass is 16.4. The standard InChI is InChI=1S/C24H28N4O3/c1-26(2)23(29)18-6-4-16(5-7-18)17-9-12-28(13-10-17)15-19-14-21-20(24(30)31)8-11-25-22(21)27(19)3/h4-8,11,14,17H,9-10,12-13,15H2,1-3H3,(H,30,31). The van der Waals surface area contributed by atoms with Crippen molar-refractivity contribution >= 4 is 22.9 Å². The maximum Gasteiger partial charge on any atom is 0.336 e. The maximum absolute atomic E-state index is 12.1. The second kappa shape index (κ2) is 8.51. The Kier molecular flexibility index (Phi) is 5.78. The first kappa shape index (κ1) is 21.1. The van der Waals surface area contributed by atoms with E-state index >= 15 is 0 Å². The maximum atomic E-state index is 12.1. The highest BCUT2D eigenvalue weighted by molar-refractivity contribution is 6.02. The molecule has 7 heteroatoms. The molecular weight excluding hydrogens is 392 g/mol. The van der Waals surface area contributed by atoms with E-state index in [1.807, 2.05) is 29.8 Å². The summed E-state index contributed by atoms with van der Waals surface area (Å²) in [6.07, 6.45) is 3.67. The fourth-order valence-corrected chi connectivity index (χ4v) is 4.42. The first-order valence-corrected chi connectivity index (χ1v) is 10.6. The second-order valence-corrected chi connectivity index (χ2v) is 8.47. The molecule has 162 valence electrons. The molecule has 1 aliphatic heterocycles. The molecule has 1 aromatic carbocycles. The topological polar surface area (TPSA) is 78.7 Å². The van der Waals surface area contributed by atoms with Gasteiger partial charge in [-0.05, 0) is 61.7 Å². The number of nitrogens with zero attached hydrogens (tertiary/aromatic N) is 4. The van der Waals surface area contributed by atoms with Gasteiger partial charge in [0.25, 0.3) is 5.91 Å². The number of carboxylic acids is 1. The molecule has 0 aliphatic carbocycles. The fourth-order valence-electron chi connectivity index (χ4n) is 4.42. The van der Waals surface area contributed by atoms with Crippen molar-refractivity contribution in [3.63, 3.8) is 0 Å². The summed E-state index contributed by atoms with van der Waals surface area (Å²) in [4.78, 5) is 32.0. The van der Waals surface area contributed by atoms with Gasteiger partial charge in [0.05, 0.1) is 5.56 Å². The van der Waals surface area contributed by atoms with Crippen molar-refractivity contribution in [1.82, 2.24) is 19.4 Å². The third-order valence-corrected chi connectivity index (χ3v) is 6.27. The molecule has 1 aliphatic rings. The lowest BCUT2D eigenvalue weighted by atomic mass is 9.89. The van der Waals surface area contributed by atoms with Crippen LogP contribution in [0.4, 0.5) is 0 Å². The lowest BCUT2D eigenvalue weighted by molar-refractivity contribution is 0.0698. The van der Waals surface area contributed by atoms with Gasteiger partial charge in [0.2, 0.25) is 0 Å². The Hall–Kier alpha value is -3.19. The van der Waals surface area contributed by atoms with E-state index in [1.54, 1.807) is 31.3 Å². The zero-order valence-corrected chi connectivity index (χ0v) is 18.2. The summed E-state index contributed by atoms with van der Waals surface area (Å²) in [6.45, 7) is 2.72. The number of hydrogen-bond donors (Lipinski definition) is 1. The van der Waals surface area contributed by atoms with E-state index < -0.39 is 5.97 Å². The van der Waals surface area contributed by atoms with Crippen LogP contribution in [0.2, 0.25) is 0 Å². The number of pyridine rings is 1. The van der Waals surface area contributed by atoms with Gasteiger partial charge in [-0.2, -0.15) is 0 Å². The number of fused-ring (bicyclic) bond motifs is 1. The summed E-state index contributed by atoms with van der Waals surface area (Å²) in [5.41, 5.74) is 4.08. The van der Waals surface area contributed by atoms with E-state index in [0.717, 1.165) is 43.7 Å². The van der Waals surface area contributed by atoms with Crippen molar-refractivity contribution < 1.29 is 14.7 Å². The quantitative estimate of drug-likeness (QED) is 0.685. The highest BCUT2D eigenvalue weighted by Crippen LogP contribution is 2.30. The third kappa shape index (κ3) is 4.18. The van der Waals surface area contributed by atoms with E-state index in [9.17, 15) is 14.7 Å². The molecule has 1 N–H and O–H groups in total. The molecule has 0 radical (unpaired) electrons. The average molecular weight is 421 g/mol. The molecule has 3 aromatic rings. The van der Waals surface area contributed by atoms with Crippen LogP contribution in [0.25, 0.3) is 11.0 Å². The van der Waals surface area contributed by atoms with Crippen LogP contribution in [0, 0.1) is 0 Å². The second-order valence-electron chi connectivity index (χ2n) is 8.47. The number of piperidine rings is 1. The average Bonchev–Trinajstić information content (AvgIpc) is 3.09. The highest BCUT2D eigenvalue weighted by Gasteiger charge is 2.23. The Bertz CT molecular complexity index is 1110. The number of aromatic nitrogens is 2. The smallest absolute Gasteiger partial charge is 0.336 e. The molecule has 2 aromatic heterocycles. The molecule has 0 bridgehead atoms. The minimum absolute atomic E-state index is 0.0249. The van der Waals surface area contributed by atoms with Crippen molar-refractivity contribution in [2.75, 3.05) is 27.2 Å². The first-order valence-electron chi connectivity index (χ1n) is 10.6. The molecule has 0 spiro atoms. The Morgan fingerprint density at radius 3 is 2.42 bits per heavy atom. The van der Waals surface area contributed by atoms with Gasteiger partial charge in [0, 0.05) is 50.5 Å². The van der Waals surface area contributed by atoms with Crippen molar-refractivity contribution in [3.8, 4) is 0 Å². The summed E-state index contributed by atoms with van der Waals surface area (Å²) in [6, 6.07) is 11.5. The van der Waals surface area contributed by atoms with Crippen molar-refractivity contribution in [1.29, 1.82) is 0 Å². The SMILES string of the molecule is CN(C)C(=O)c1ccc(C2CCN(Cc3cc4c(C(=O)O)ccnc4n3C)CC2)cc1. The molecule has 1 amide bonds. The van der Waals surface area contributed by atoms with Crippen LogP contribution in [0.3, 0.4) is 0 Å². The van der Waals surface area contributed by atoms with Gasteiger partial charge in [-0.25, -0.2) is 9.78 Å². The van der Waals surface area contributed by atoms with Crippen molar-refractivity contribution in [2.45, 2.75) is 25.3 Å². The van der Waals surface area contributed by atoms with Gasteiger partial charge in [-0.3, -0.25) is 9.69 Å². The van der Waals surface area contributed by atoms with Crippen LogP contribution < -0.4 is 0 Å². The summed E-state index contributed by atoms with van der Waals surface area (Å²) < 4.78 is 1.99. The molecule has 0 saturated carbocycles. The molecule has 1 saturated heterocycles. The van der Waals surface area contributed by atoms with E-state index in [1.165, 1.54) is 5.56 Å². The molecule has 7 nitrogen and oxygen atoms in total. The van der Waals surface area contributed by atoms with Crippen molar-refractivity contribution in [2.24, 2.45) is 7.05 Å². The van der Waals surface area contributed by atoms with E-state index in [2.05, 4.69) is 22.0 Å². The van der Waals surface area contributed by atoms with Gasteiger partial charge in [0.1, 0.15) is 5.65 Å². The summed E-state index contributed by atoms with van der Waals surface area (Å²) >= 11 is 0. The molecule has 0 atom stereocenters. The van der Waals surface area contributed by atoms with Gasteiger partial charge >= 0.3 is 5.97 Å². The fraction of sp³-hybridized carbons (Fsp3) is 0.375. The summed E-state index contributed by atoms with van der Waals surface area (Å²) in [7, 11) is 5.47. The number of hydrogen-bond acceptors (Lipinski definition) is 4. The minimum Gasteiger partial charge on any atom is -0.478 e. The predicted molar refractivity (Wildman–Crippen MR) is 119 cm³/mol. The largest absolute Gasteiger partial charge is 0.478 e. The third-order valence-electron chi connectivity index (χ3n) is 6.27. The van der Waals surface area contributed by atoms with Gasteiger partial charge in [0.15, 0.2) is 0 Å². The van der Waals surface area contributed by atoms with Gasteiger partial charge in [-0.15, -0.1) is 0 Å². The zero-order valence-electron chi connectivity index (χ0n) is 18.2. The van der Waals surface area contributed by atoms with E-state index in [-0.39, 0.29) is 5.91 Å². The number of amides is 1. The van der Waals surface area contributed by atoms with Gasteiger partial charge in [-0.1, -0.05) is 12.1 Å². The van der Waals surface area contributed by atoms with Crippen LogP contribution in [0.1, 0.15) is 50.7 Å². The predicted octanol–water partition coefficient (Wildman–Crippen LogP) is 3.35. The molecule has 4 rings (SSSR count). The lowest BCUT2D eigenvalue weighted by Gasteiger charge is -2.32. The molecule has 3 heterocycles. The monoisotopic (exact) mass is 420 g/mol.